The third kappa shape index (κ3) is 3.28. The van der Waals surface area contributed by atoms with Gasteiger partial charge in [-0.1, -0.05) is 12.1 Å². The van der Waals surface area contributed by atoms with Gasteiger partial charge in [0.15, 0.2) is 0 Å². The lowest BCUT2D eigenvalue weighted by Gasteiger charge is -2.23. The van der Waals surface area contributed by atoms with Crippen LogP contribution in [-0.2, 0) is 6.18 Å². The molecule has 1 fully saturated rings. The molecule has 122 valence electrons. The molecule has 2 aromatic carbocycles. The second kappa shape index (κ2) is 6.14. The number of hydrogen-bond donors (Lipinski definition) is 0. The minimum absolute atomic E-state index is 0.615. The summed E-state index contributed by atoms with van der Waals surface area (Å²) in [6.07, 6.45) is -2.20. The standard InChI is InChI=1S/C18H18F3NO/c1-23-15-7-4-13(5-8-15)16-12-14(18(19,20)21)6-9-17(16)22-10-2-3-11-22/h4-9,12H,2-3,10-11H2,1H3. The molecule has 2 aromatic rings. The lowest BCUT2D eigenvalue weighted by atomic mass is 9.99. The molecule has 0 aromatic heterocycles. The Hall–Kier alpha value is -2.17. The zero-order valence-corrected chi connectivity index (χ0v) is 12.9. The molecule has 0 saturated carbocycles. The molecule has 0 N–H and O–H groups in total. The Labute approximate surface area is 133 Å². The van der Waals surface area contributed by atoms with Crippen LogP contribution >= 0.6 is 0 Å². The van der Waals surface area contributed by atoms with Gasteiger partial charge in [-0.2, -0.15) is 13.2 Å². The monoisotopic (exact) mass is 321 g/mol. The molecule has 1 heterocycles. The topological polar surface area (TPSA) is 12.5 Å². The number of alkyl halides is 3. The Morgan fingerprint density at radius 3 is 2.17 bits per heavy atom. The summed E-state index contributed by atoms with van der Waals surface area (Å²) in [6, 6.07) is 11.1. The summed E-state index contributed by atoms with van der Waals surface area (Å²) in [5.74, 6) is 0.684. The van der Waals surface area contributed by atoms with Crippen LogP contribution in [0.2, 0.25) is 0 Å². The third-order valence-electron chi connectivity index (χ3n) is 4.17. The quantitative estimate of drug-likeness (QED) is 0.790. The number of ether oxygens (including phenoxy) is 1. The molecule has 23 heavy (non-hydrogen) atoms. The zero-order chi connectivity index (χ0) is 16.4. The molecule has 1 saturated heterocycles. The first-order valence-electron chi connectivity index (χ1n) is 7.59. The maximum atomic E-state index is 13.1. The van der Waals surface area contributed by atoms with Gasteiger partial charge in [0, 0.05) is 24.3 Å². The maximum absolute atomic E-state index is 13.1. The number of methoxy groups -OCH3 is 1. The van der Waals surface area contributed by atoms with Gasteiger partial charge in [-0.25, -0.2) is 0 Å². The third-order valence-corrected chi connectivity index (χ3v) is 4.17. The van der Waals surface area contributed by atoms with E-state index in [1.54, 1.807) is 37.4 Å². The van der Waals surface area contributed by atoms with Crippen LogP contribution in [0, 0.1) is 0 Å². The molecule has 1 aliphatic rings. The smallest absolute Gasteiger partial charge is 0.416 e. The summed E-state index contributed by atoms with van der Waals surface area (Å²) in [5.41, 5.74) is 1.62. The summed E-state index contributed by atoms with van der Waals surface area (Å²) in [7, 11) is 1.56. The van der Waals surface area contributed by atoms with Crippen molar-refractivity contribution in [3.63, 3.8) is 0 Å². The number of anilines is 1. The summed E-state index contributed by atoms with van der Waals surface area (Å²) in [4.78, 5) is 2.15. The first-order valence-corrected chi connectivity index (χ1v) is 7.59. The van der Waals surface area contributed by atoms with E-state index in [1.165, 1.54) is 12.1 Å². The fourth-order valence-corrected chi connectivity index (χ4v) is 2.95. The minimum Gasteiger partial charge on any atom is -0.497 e. The highest BCUT2D eigenvalue weighted by Gasteiger charge is 2.31. The van der Waals surface area contributed by atoms with Gasteiger partial charge in [0.05, 0.1) is 12.7 Å². The molecule has 0 atom stereocenters. The summed E-state index contributed by atoms with van der Waals surface area (Å²) < 4.78 is 44.4. The predicted octanol–water partition coefficient (Wildman–Crippen LogP) is 4.98. The zero-order valence-electron chi connectivity index (χ0n) is 12.9. The highest BCUT2D eigenvalue weighted by Crippen LogP contribution is 2.39. The first-order chi connectivity index (χ1) is 11.0. The lowest BCUT2D eigenvalue weighted by molar-refractivity contribution is -0.137. The number of nitrogens with zero attached hydrogens (tertiary/aromatic N) is 1. The minimum atomic E-state index is -4.34. The highest BCUT2D eigenvalue weighted by molar-refractivity contribution is 5.80. The average Bonchev–Trinajstić information content (AvgIpc) is 3.08. The molecule has 0 bridgehead atoms. The van der Waals surface area contributed by atoms with Crippen LogP contribution in [-0.4, -0.2) is 20.2 Å². The van der Waals surface area contributed by atoms with Crippen molar-refractivity contribution in [3.8, 4) is 16.9 Å². The van der Waals surface area contributed by atoms with Gasteiger partial charge in [0.25, 0.3) is 0 Å². The van der Waals surface area contributed by atoms with Crippen LogP contribution in [0.4, 0.5) is 18.9 Å². The van der Waals surface area contributed by atoms with Crippen LogP contribution < -0.4 is 9.64 Å². The van der Waals surface area contributed by atoms with E-state index in [0.717, 1.165) is 37.2 Å². The van der Waals surface area contributed by atoms with Crippen molar-refractivity contribution in [2.45, 2.75) is 19.0 Å². The van der Waals surface area contributed by atoms with Crippen molar-refractivity contribution in [2.75, 3.05) is 25.1 Å². The van der Waals surface area contributed by atoms with Crippen molar-refractivity contribution >= 4 is 5.69 Å². The van der Waals surface area contributed by atoms with Gasteiger partial charge in [-0.15, -0.1) is 0 Å². The second-order valence-electron chi connectivity index (χ2n) is 5.65. The van der Waals surface area contributed by atoms with Crippen molar-refractivity contribution in [1.29, 1.82) is 0 Å². The number of benzene rings is 2. The Morgan fingerprint density at radius 2 is 1.61 bits per heavy atom. The number of hydrogen-bond acceptors (Lipinski definition) is 2. The molecular weight excluding hydrogens is 303 g/mol. The first kappa shape index (κ1) is 15.7. The molecule has 5 heteroatoms. The molecule has 0 amide bonds. The molecule has 0 spiro atoms. The van der Waals surface area contributed by atoms with Gasteiger partial charge < -0.3 is 9.64 Å². The Kier molecular flexibility index (Phi) is 4.20. The second-order valence-corrected chi connectivity index (χ2v) is 5.65. The highest BCUT2D eigenvalue weighted by atomic mass is 19.4. The van der Waals surface area contributed by atoms with E-state index in [4.69, 9.17) is 4.74 Å². The van der Waals surface area contributed by atoms with Crippen LogP contribution in [0.15, 0.2) is 42.5 Å². The van der Waals surface area contributed by atoms with E-state index in [-0.39, 0.29) is 0 Å². The van der Waals surface area contributed by atoms with E-state index in [2.05, 4.69) is 4.90 Å². The largest absolute Gasteiger partial charge is 0.497 e. The predicted molar refractivity (Wildman–Crippen MR) is 84.9 cm³/mol. The Morgan fingerprint density at radius 1 is 0.957 bits per heavy atom. The van der Waals surface area contributed by atoms with Crippen LogP contribution in [0.25, 0.3) is 11.1 Å². The van der Waals surface area contributed by atoms with E-state index in [0.29, 0.717) is 11.3 Å². The molecular formula is C18H18F3NO. The summed E-state index contributed by atoms with van der Waals surface area (Å²) in [6.45, 7) is 1.77. The van der Waals surface area contributed by atoms with E-state index in [9.17, 15) is 13.2 Å². The summed E-state index contributed by atoms with van der Waals surface area (Å²) >= 11 is 0. The van der Waals surface area contributed by atoms with Crippen molar-refractivity contribution in [3.05, 3.63) is 48.0 Å². The number of halogens is 3. The maximum Gasteiger partial charge on any atom is 0.416 e. The van der Waals surface area contributed by atoms with E-state index < -0.39 is 11.7 Å². The van der Waals surface area contributed by atoms with Crippen molar-refractivity contribution in [2.24, 2.45) is 0 Å². The Bertz CT molecular complexity index is 674. The lowest BCUT2D eigenvalue weighted by Crippen LogP contribution is -2.19. The van der Waals surface area contributed by atoms with Crippen molar-refractivity contribution in [1.82, 2.24) is 0 Å². The van der Waals surface area contributed by atoms with Gasteiger partial charge in [-0.3, -0.25) is 0 Å². The van der Waals surface area contributed by atoms with Crippen LogP contribution in [0.3, 0.4) is 0 Å². The average molecular weight is 321 g/mol. The molecule has 1 aliphatic heterocycles. The normalized spacial score (nSPS) is 15.0. The fraction of sp³-hybridized carbons (Fsp3) is 0.333. The van der Waals surface area contributed by atoms with Gasteiger partial charge in [-0.05, 0) is 48.7 Å². The molecule has 0 aliphatic carbocycles. The number of rotatable bonds is 3. The molecule has 0 unspecified atom stereocenters. The van der Waals surface area contributed by atoms with E-state index >= 15 is 0 Å². The fourth-order valence-electron chi connectivity index (χ4n) is 2.95. The van der Waals surface area contributed by atoms with Gasteiger partial charge in [0.1, 0.15) is 5.75 Å². The van der Waals surface area contributed by atoms with Crippen molar-refractivity contribution < 1.29 is 17.9 Å². The van der Waals surface area contributed by atoms with Crippen LogP contribution in [0.1, 0.15) is 18.4 Å². The Balaban J connectivity index is 2.08. The SMILES string of the molecule is COc1ccc(-c2cc(C(F)(F)F)ccc2N2CCCC2)cc1. The molecule has 0 radical (unpaired) electrons. The molecule has 3 rings (SSSR count). The molecule has 2 nitrogen and oxygen atoms in total. The summed E-state index contributed by atoms with van der Waals surface area (Å²) in [5, 5.41) is 0. The van der Waals surface area contributed by atoms with E-state index in [1.807, 2.05) is 0 Å². The van der Waals surface area contributed by atoms with Gasteiger partial charge >= 0.3 is 6.18 Å². The van der Waals surface area contributed by atoms with Gasteiger partial charge in [0.2, 0.25) is 0 Å². The van der Waals surface area contributed by atoms with Crippen LogP contribution in [0.5, 0.6) is 5.75 Å².